The molecule has 1 saturated heterocycles. The summed E-state index contributed by atoms with van der Waals surface area (Å²) in [6.45, 7) is 2.79. The molecule has 0 aliphatic carbocycles. The Balaban J connectivity index is 2.07. The lowest BCUT2D eigenvalue weighted by Gasteiger charge is -2.33. The van der Waals surface area contributed by atoms with Gasteiger partial charge in [0.15, 0.2) is 0 Å². The van der Waals surface area contributed by atoms with Gasteiger partial charge in [-0.25, -0.2) is 8.78 Å². The average Bonchev–Trinajstić information content (AvgIpc) is 2.25. The molecular formula is C12H16F2N2. The van der Waals surface area contributed by atoms with Gasteiger partial charge < -0.3 is 10.2 Å². The minimum absolute atomic E-state index is 0.286. The Labute approximate surface area is 94.3 Å². The number of likely N-dealkylation sites (N-methyl/N-ethyl adjacent to an activating group) is 1. The third-order valence-corrected chi connectivity index (χ3v) is 3.12. The predicted octanol–water partition coefficient (Wildman–Crippen LogP) is 1.41. The minimum atomic E-state index is -0.517. The summed E-state index contributed by atoms with van der Waals surface area (Å²) in [5.41, 5.74) is 0.585. The Hall–Kier alpha value is -1.00. The van der Waals surface area contributed by atoms with Gasteiger partial charge in [0.05, 0.1) is 0 Å². The maximum Gasteiger partial charge on any atom is 0.129 e. The molecule has 2 rings (SSSR count). The zero-order chi connectivity index (χ0) is 11.5. The van der Waals surface area contributed by atoms with Crippen molar-refractivity contribution in [1.82, 2.24) is 10.2 Å². The van der Waals surface area contributed by atoms with E-state index in [0.717, 1.165) is 25.7 Å². The lowest BCUT2D eigenvalue weighted by Crippen LogP contribution is -2.50. The van der Waals surface area contributed by atoms with E-state index in [1.807, 2.05) is 7.05 Å². The molecule has 1 aliphatic heterocycles. The molecule has 0 radical (unpaired) electrons. The lowest BCUT2D eigenvalue weighted by atomic mass is 10.0. The summed E-state index contributed by atoms with van der Waals surface area (Å²) in [5.74, 6) is -0.963. The summed E-state index contributed by atoms with van der Waals surface area (Å²) < 4.78 is 26.2. The van der Waals surface area contributed by atoms with Crippen LogP contribution in [0.1, 0.15) is 5.56 Å². The number of nitrogens with one attached hydrogen (secondary N) is 1. The second-order valence-corrected chi connectivity index (χ2v) is 4.28. The van der Waals surface area contributed by atoms with Crippen LogP contribution in [-0.2, 0) is 6.42 Å². The molecule has 0 bridgehead atoms. The van der Waals surface area contributed by atoms with Gasteiger partial charge in [0.2, 0.25) is 0 Å². The van der Waals surface area contributed by atoms with Crippen molar-refractivity contribution in [3.63, 3.8) is 0 Å². The molecule has 0 spiro atoms. The van der Waals surface area contributed by atoms with Gasteiger partial charge >= 0.3 is 0 Å². The highest BCUT2D eigenvalue weighted by Gasteiger charge is 2.20. The van der Waals surface area contributed by atoms with Gasteiger partial charge in [-0.05, 0) is 25.1 Å². The number of nitrogens with zero attached hydrogens (tertiary/aromatic N) is 1. The molecule has 1 unspecified atom stereocenters. The standard InChI is InChI=1S/C12H16F2N2/c1-16-5-4-15-8-11(16)6-9-2-3-10(13)7-12(9)14/h2-3,7,11,15H,4-6,8H2,1H3. The van der Waals surface area contributed by atoms with Crippen LogP contribution in [0.4, 0.5) is 8.78 Å². The van der Waals surface area contributed by atoms with E-state index < -0.39 is 11.6 Å². The van der Waals surface area contributed by atoms with Gasteiger partial charge in [-0.3, -0.25) is 0 Å². The van der Waals surface area contributed by atoms with E-state index in [0.29, 0.717) is 12.0 Å². The van der Waals surface area contributed by atoms with Crippen molar-refractivity contribution in [2.45, 2.75) is 12.5 Å². The fourth-order valence-corrected chi connectivity index (χ4v) is 2.03. The first-order valence-corrected chi connectivity index (χ1v) is 5.51. The van der Waals surface area contributed by atoms with Crippen LogP contribution in [0.3, 0.4) is 0 Å². The third-order valence-electron chi connectivity index (χ3n) is 3.12. The number of piperazine rings is 1. The largest absolute Gasteiger partial charge is 0.314 e. The third kappa shape index (κ3) is 2.57. The van der Waals surface area contributed by atoms with Gasteiger partial charge in [0.1, 0.15) is 11.6 Å². The van der Waals surface area contributed by atoms with Crippen LogP contribution in [0.15, 0.2) is 18.2 Å². The SMILES string of the molecule is CN1CCNCC1Cc1ccc(F)cc1F. The molecule has 1 heterocycles. The van der Waals surface area contributed by atoms with Crippen LogP contribution in [0, 0.1) is 11.6 Å². The number of hydrogen-bond acceptors (Lipinski definition) is 2. The zero-order valence-electron chi connectivity index (χ0n) is 9.34. The average molecular weight is 226 g/mol. The monoisotopic (exact) mass is 226 g/mol. The number of benzene rings is 1. The number of halogens is 2. The summed E-state index contributed by atoms with van der Waals surface area (Å²) >= 11 is 0. The van der Waals surface area contributed by atoms with Crippen LogP contribution >= 0.6 is 0 Å². The molecule has 0 aromatic heterocycles. The van der Waals surface area contributed by atoms with Crippen LogP contribution in [0.5, 0.6) is 0 Å². The van der Waals surface area contributed by atoms with E-state index in [1.165, 1.54) is 12.1 Å². The van der Waals surface area contributed by atoms with E-state index >= 15 is 0 Å². The van der Waals surface area contributed by atoms with E-state index in [-0.39, 0.29) is 6.04 Å². The molecule has 0 amide bonds. The molecule has 1 aromatic carbocycles. The van der Waals surface area contributed by atoms with Gasteiger partial charge in [0, 0.05) is 31.7 Å². The highest BCUT2D eigenvalue weighted by atomic mass is 19.1. The maximum absolute atomic E-state index is 13.5. The van der Waals surface area contributed by atoms with Crippen LogP contribution in [-0.4, -0.2) is 37.6 Å². The smallest absolute Gasteiger partial charge is 0.129 e. The topological polar surface area (TPSA) is 15.3 Å². The van der Waals surface area contributed by atoms with Crippen molar-refractivity contribution in [3.05, 3.63) is 35.4 Å². The molecule has 1 N–H and O–H groups in total. The van der Waals surface area contributed by atoms with Crippen molar-refractivity contribution in [1.29, 1.82) is 0 Å². The highest BCUT2D eigenvalue weighted by Crippen LogP contribution is 2.14. The maximum atomic E-state index is 13.5. The normalized spacial score (nSPS) is 22.3. The molecule has 1 aliphatic rings. The van der Waals surface area contributed by atoms with Crippen molar-refractivity contribution in [2.75, 3.05) is 26.7 Å². The number of rotatable bonds is 2. The second kappa shape index (κ2) is 4.89. The summed E-state index contributed by atoms with van der Waals surface area (Å²) in [6, 6.07) is 4.08. The zero-order valence-corrected chi connectivity index (χ0v) is 9.34. The van der Waals surface area contributed by atoms with Crippen molar-refractivity contribution in [3.8, 4) is 0 Å². The molecule has 1 fully saturated rings. The fraction of sp³-hybridized carbons (Fsp3) is 0.500. The molecule has 16 heavy (non-hydrogen) atoms. The fourth-order valence-electron chi connectivity index (χ4n) is 2.03. The molecule has 88 valence electrons. The molecule has 0 saturated carbocycles. The Kier molecular flexibility index (Phi) is 3.51. The second-order valence-electron chi connectivity index (χ2n) is 4.28. The molecule has 4 heteroatoms. The van der Waals surface area contributed by atoms with Gasteiger partial charge in [-0.15, -0.1) is 0 Å². The Morgan fingerprint density at radius 3 is 2.94 bits per heavy atom. The molecule has 1 atom stereocenters. The summed E-state index contributed by atoms with van der Waals surface area (Å²) in [6.07, 6.45) is 0.621. The van der Waals surface area contributed by atoms with Gasteiger partial charge in [0.25, 0.3) is 0 Å². The first-order valence-electron chi connectivity index (χ1n) is 5.51. The quantitative estimate of drug-likeness (QED) is 0.820. The highest BCUT2D eigenvalue weighted by molar-refractivity contribution is 5.19. The van der Waals surface area contributed by atoms with Crippen molar-refractivity contribution in [2.24, 2.45) is 0 Å². The van der Waals surface area contributed by atoms with Gasteiger partial charge in [-0.2, -0.15) is 0 Å². The first kappa shape index (κ1) is 11.5. The predicted molar refractivity (Wildman–Crippen MR) is 59.3 cm³/mol. The van der Waals surface area contributed by atoms with Gasteiger partial charge in [-0.1, -0.05) is 6.07 Å². The molecular weight excluding hydrogens is 210 g/mol. The minimum Gasteiger partial charge on any atom is -0.314 e. The summed E-state index contributed by atoms with van der Waals surface area (Å²) in [7, 11) is 2.03. The van der Waals surface area contributed by atoms with E-state index in [4.69, 9.17) is 0 Å². The van der Waals surface area contributed by atoms with Crippen LogP contribution < -0.4 is 5.32 Å². The Bertz CT molecular complexity index is 368. The van der Waals surface area contributed by atoms with Crippen LogP contribution in [0.2, 0.25) is 0 Å². The number of hydrogen-bond donors (Lipinski definition) is 1. The molecule has 1 aromatic rings. The van der Waals surface area contributed by atoms with E-state index in [9.17, 15) is 8.78 Å². The van der Waals surface area contributed by atoms with Crippen molar-refractivity contribution < 1.29 is 8.78 Å². The van der Waals surface area contributed by atoms with E-state index in [1.54, 1.807) is 0 Å². The first-order chi connectivity index (χ1) is 7.66. The Morgan fingerprint density at radius 1 is 1.44 bits per heavy atom. The summed E-state index contributed by atoms with van der Waals surface area (Å²) in [5, 5.41) is 3.28. The molecule has 2 nitrogen and oxygen atoms in total. The Morgan fingerprint density at radius 2 is 2.25 bits per heavy atom. The summed E-state index contributed by atoms with van der Waals surface area (Å²) in [4.78, 5) is 2.21. The van der Waals surface area contributed by atoms with Crippen molar-refractivity contribution >= 4 is 0 Å². The lowest BCUT2D eigenvalue weighted by molar-refractivity contribution is 0.198. The van der Waals surface area contributed by atoms with Crippen LogP contribution in [0.25, 0.3) is 0 Å². The van der Waals surface area contributed by atoms with E-state index in [2.05, 4.69) is 10.2 Å².